The molecule has 0 aliphatic carbocycles. The van der Waals surface area contributed by atoms with Crippen molar-refractivity contribution in [3.8, 4) is 0 Å². The van der Waals surface area contributed by atoms with Gasteiger partial charge in [0.25, 0.3) is 0 Å². The van der Waals surface area contributed by atoms with Crippen LogP contribution in [0.15, 0.2) is 12.0 Å². The second-order valence-corrected chi connectivity index (χ2v) is 6.03. The molecule has 0 rings (SSSR count). The first-order valence-corrected chi connectivity index (χ1v) is 8.76. The number of aliphatic carboxylic acids is 3. The summed E-state index contributed by atoms with van der Waals surface area (Å²) >= 11 is 0. The monoisotopic (exact) mass is 374 g/mol. The Balaban J connectivity index is 4.79. The highest BCUT2D eigenvalue weighted by Crippen LogP contribution is 2.07. The summed E-state index contributed by atoms with van der Waals surface area (Å²) in [7, 11) is 0. The molecule has 0 aromatic carbocycles. The molecule has 0 amide bonds. The second kappa shape index (κ2) is 13.9. The number of aliphatic hydroxyl groups excluding tert-OH is 1. The van der Waals surface area contributed by atoms with Crippen LogP contribution in [0.3, 0.4) is 0 Å². The molecule has 0 spiro atoms. The summed E-state index contributed by atoms with van der Waals surface area (Å²) in [5.74, 6) is -2.72. The Kier molecular flexibility index (Phi) is 12.7. The van der Waals surface area contributed by atoms with Gasteiger partial charge in [0.05, 0.1) is 19.3 Å². The molecule has 9 heteroatoms. The van der Waals surface area contributed by atoms with Gasteiger partial charge in [0.15, 0.2) is 0 Å². The Bertz CT molecular complexity index is 462. The van der Waals surface area contributed by atoms with Crippen molar-refractivity contribution < 1.29 is 34.8 Å². The van der Waals surface area contributed by atoms with Gasteiger partial charge in [-0.25, -0.2) is 0 Å². The van der Waals surface area contributed by atoms with Gasteiger partial charge < -0.3 is 30.2 Å². The van der Waals surface area contributed by atoms with Gasteiger partial charge >= 0.3 is 17.9 Å². The Morgan fingerprint density at radius 3 is 1.69 bits per heavy atom. The van der Waals surface area contributed by atoms with Crippen molar-refractivity contribution in [1.29, 1.82) is 0 Å². The van der Waals surface area contributed by atoms with Gasteiger partial charge in [-0.3, -0.25) is 14.4 Å². The second-order valence-electron chi connectivity index (χ2n) is 6.03. The fraction of sp³-hybridized carbons (Fsp3) is 0.706. The van der Waals surface area contributed by atoms with Crippen molar-refractivity contribution in [2.75, 3.05) is 32.7 Å². The molecule has 0 aliphatic rings. The third-order valence-corrected chi connectivity index (χ3v) is 3.72. The quantitative estimate of drug-likeness (QED) is 0.297. The zero-order valence-corrected chi connectivity index (χ0v) is 15.3. The van der Waals surface area contributed by atoms with Crippen LogP contribution in [0.4, 0.5) is 0 Å². The lowest BCUT2D eigenvalue weighted by Gasteiger charge is -2.26. The van der Waals surface area contributed by atoms with Crippen LogP contribution in [0.1, 0.15) is 45.4 Å². The highest BCUT2D eigenvalue weighted by molar-refractivity contribution is 5.67. The van der Waals surface area contributed by atoms with E-state index in [1.807, 2.05) is 6.92 Å². The minimum absolute atomic E-state index is 0.0954. The van der Waals surface area contributed by atoms with E-state index in [1.54, 1.807) is 9.80 Å². The molecular weight excluding hydrogens is 344 g/mol. The summed E-state index contributed by atoms with van der Waals surface area (Å²) in [6, 6.07) is 0. The van der Waals surface area contributed by atoms with Crippen LogP contribution in [0.25, 0.3) is 0 Å². The molecule has 0 fully saturated rings. The van der Waals surface area contributed by atoms with Gasteiger partial charge in [0, 0.05) is 45.3 Å². The maximum atomic E-state index is 10.8. The molecule has 9 nitrogen and oxygen atoms in total. The van der Waals surface area contributed by atoms with E-state index in [0.717, 1.165) is 12.8 Å². The van der Waals surface area contributed by atoms with Crippen molar-refractivity contribution in [2.24, 2.45) is 0 Å². The lowest BCUT2D eigenvalue weighted by Crippen LogP contribution is -2.36. The van der Waals surface area contributed by atoms with Gasteiger partial charge in [-0.2, -0.15) is 0 Å². The molecule has 4 N–H and O–H groups in total. The maximum Gasteiger partial charge on any atom is 0.305 e. The summed E-state index contributed by atoms with van der Waals surface area (Å²) in [5.41, 5.74) is 0. The van der Waals surface area contributed by atoms with Crippen LogP contribution in [-0.4, -0.2) is 80.9 Å². The number of carboxylic acid groups (broad SMARTS) is 3. The molecule has 26 heavy (non-hydrogen) atoms. The molecule has 150 valence electrons. The Morgan fingerprint density at radius 1 is 0.731 bits per heavy atom. The molecule has 0 radical (unpaired) electrons. The van der Waals surface area contributed by atoms with Crippen molar-refractivity contribution in [1.82, 2.24) is 9.80 Å². The Labute approximate surface area is 153 Å². The van der Waals surface area contributed by atoms with Crippen molar-refractivity contribution in [3.63, 3.8) is 0 Å². The van der Waals surface area contributed by atoms with E-state index in [9.17, 15) is 19.5 Å². The van der Waals surface area contributed by atoms with E-state index < -0.39 is 17.9 Å². The van der Waals surface area contributed by atoms with Crippen LogP contribution < -0.4 is 0 Å². The van der Waals surface area contributed by atoms with Crippen LogP contribution in [-0.2, 0) is 14.4 Å². The van der Waals surface area contributed by atoms with Gasteiger partial charge in [0.1, 0.15) is 5.76 Å². The molecule has 0 saturated heterocycles. The zero-order chi connectivity index (χ0) is 19.9. The van der Waals surface area contributed by atoms with E-state index in [-0.39, 0.29) is 44.7 Å². The largest absolute Gasteiger partial charge is 0.511 e. The van der Waals surface area contributed by atoms with Crippen LogP contribution in [0.5, 0.6) is 0 Å². The average Bonchev–Trinajstić information content (AvgIpc) is 2.56. The lowest BCUT2D eigenvalue weighted by molar-refractivity contribution is -0.139. The van der Waals surface area contributed by atoms with Gasteiger partial charge in [0.2, 0.25) is 0 Å². The van der Waals surface area contributed by atoms with E-state index in [4.69, 9.17) is 15.3 Å². The third-order valence-electron chi connectivity index (χ3n) is 3.72. The molecule has 0 heterocycles. The molecule has 0 aromatic heterocycles. The van der Waals surface area contributed by atoms with Crippen molar-refractivity contribution in [2.45, 2.75) is 45.4 Å². The normalized spacial score (nSPS) is 11.5. The molecule has 0 unspecified atom stereocenters. The summed E-state index contributed by atoms with van der Waals surface area (Å²) in [5, 5.41) is 36.4. The smallest absolute Gasteiger partial charge is 0.305 e. The number of hydrogen-bond acceptors (Lipinski definition) is 6. The SMILES string of the molecule is CCCC/C(O)=C/N(CCC(=O)O)CCN(CCC(=O)O)CCC(=O)O. The molecule has 0 aromatic rings. The molecular formula is C17H30N2O7. The van der Waals surface area contributed by atoms with Crippen molar-refractivity contribution in [3.05, 3.63) is 12.0 Å². The van der Waals surface area contributed by atoms with Crippen molar-refractivity contribution >= 4 is 17.9 Å². The summed E-state index contributed by atoms with van der Waals surface area (Å²) in [4.78, 5) is 35.7. The highest BCUT2D eigenvalue weighted by atomic mass is 16.4. The van der Waals surface area contributed by atoms with Gasteiger partial charge in [-0.15, -0.1) is 0 Å². The Hall–Kier alpha value is -2.29. The van der Waals surface area contributed by atoms with Crippen LogP contribution in [0, 0.1) is 0 Å². The zero-order valence-electron chi connectivity index (χ0n) is 15.3. The predicted octanol–water partition coefficient (Wildman–Crippen LogP) is 1.60. The number of rotatable bonds is 16. The molecule has 0 atom stereocenters. The number of allylic oxidation sites excluding steroid dienone is 1. The highest BCUT2D eigenvalue weighted by Gasteiger charge is 2.12. The topological polar surface area (TPSA) is 139 Å². The van der Waals surface area contributed by atoms with E-state index in [0.29, 0.717) is 19.5 Å². The summed E-state index contributed by atoms with van der Waals surface area (Å²) in [6.45, 7) is 3.36. The average molecular weight is 374 g/mol. The first-order valence-electron chi connectivity index (χ1n) is 8.76. The lowest BCUT2D eigenvalue weighted by atomic mass is 10.2. The van der Waals surface area contributed by atoms with Crippen LogP contribution in [0.2, 0.25) is 0 Å². The molecule has 0 aliphatic heterocycles. The predicted molar refractivity (Wildman–Crippen MR) is 95.0 cm³/mol. The maximum absolute atomic E-state index is 10.8. The first-order chi connectivity index (χ1) is 12.2. The number of carbonyl (C=O) groups is 3. The van der Waals surface area contributed by atoms with Crippen LogP contribution >= 0.6 is 0 Å². The number of unbranched alkanes of at least 4 members (excludes halogenated alkanes) is 1. The summed E-state index contributed by atoms with van der Waals surface area (Å²) < 4.78 is 0. The van der Waals surface area contributed by atoms with E-state index in [1.165, 1.54) is 6.20 Å². The molecule has 0 saturated carbocycles. The Morgan fingerprint density at radius 2 is 1.23 bits per heavy atom. The van der Waals surface area contributed by atoms with E-state index >= 15 is 0 Å². The fourth-order valence-electron chi connectivity index (χ4n) is 2.23. The van der Waals surface area contributed by atoms with Gasteiger partial charge in [-0.1, -0.05) is 13.3 Å². The van der Waals surface area contributed by atoms with E-state index in [2.05, 4.69) is 0 Å². The first kappa shape index (κ1) is 23.7. The number of hydrogen-bond donors (Lipinski definition) is 4. The standard InChI is InChI=1S/C17H30N2O7/c1-2-3-4-14(20)13-19(10-7-17(25)26)12-11-18(8-5-15(21)22)9-6-16(23)24/h13,20H,2-12H2,1H3,(H,21,22)(H,23,24)(H,25,26)/b14-13-. The molecule has 0 bridgehead atoms. The third kappa shape index (κ3) is 14.1. The summed E-state index contributed by atoms with van der Waals surface area (Å²) in [6.07, 6.45) is 3.46. The number of nitrogens with zero attached hydrogens (tertiary/aromatic N) is 2. The number of aliphatic hydroxyl groups is 1. The minimum atomic E-state index is -0.967. The minimum Gasteiger partial charge on any atom is -0.511 e. The number of carboxylic acids is 3. The van der Waals surface area contributed by atoms with Gasteiger partial charge in [-0.05, 0) is 6.42 Å². The fourth-order valence-corrected chi connectivity index (χ4v) is 2.23.